The highest BCUT2D eigenvalue weighted by Crippen LogP contribution is 2.36. The molecule has 1 aliphatic rings. The highest BCUT2D eigenvalue weighted by atomic mass is 16.7. The van der Waals surface area contributed by atoms with E-state index in [0.29, 0.717) is 6.79 Å². The Balaban J connectivity index is 2.03. The predicted octanol–water partition coefficient (Wildman–Crippen LogP) is 3.34. The molecule has 0 fully saturated rings. The third kappa shape index (κ3) is 2.25. The van der Waals surface area contributed by atoms with Gasteiger partial charge in [0, 0.05) is 0 Å². The van der Waals surface area contributed by atoms with Gasteiger partial charge in [0.2, 0.25) is 6.79 Å². The number of rotatable bonds is 3. The predicted molar refractivity (Wildman–Crippen MR) is 79.4 cm³/mol. The molecule has 1 unspecified atom stereocenters. The van der Waals surface area contributed by atoms with Gasteiger partial charge < -0.3 is 14.8 Å². The van der Waals surface area contributed by atoms with Gasteiger partial charge in [-0.05, 0) is 49.7 Å². The van der Waals surface area contributed by atoms with Crippen LogP contribution in [0.3, 0.4) is 0 Å². The lowest BCUT2D eigenvalue weighted by atomic mass is 9.93. The maximum absolute atomic E-state index is 5.47. The monoisotopic (exact) mass is 269 g/mol. The van der Waals surface area contributed by atoms with Crippen LogP contribution in [0.4, 0.5) is 0 Å². The van der Waals surface area contributed by atoms with Gasteiger partial charge in [0.25, 0.3) is 0 Å². The minimum absolute atomic E-state index is 0.157. The smallest absolute Gasteiger partial charge is 0.231 e. The molecular formula is C17H19NO2. The summed E-state index contributed by atoms with van der Waals surface area (Å²) in [6.45, 7) is 4.58. The molecule has 0 amide bonds. The number of hydrogen-bond acceptors (Lipinski definition) is 3. The molecule has 104 valence electrons. The van der Waals surface area contributed by atoms with Crippen molar-refractivity contribution in [2.24, 2.45) is 0 Å². The van der Waals surface area contributed by atoms with E-state index in [-0.39, 0.29) is 6.04 Å². The maximum Gasteiger partial charge on any atom is 0.231 e. The van der Waals surface area contributed by atoms with Gasteiger partial charge in [0.1, 0.15) is 0 Å². The fourth-order valence-corrected chi connectivity index (χ4v) is 2.67. The highest BCUT2D eigenvalue weighted by molar-refractivity contribution is 5.48. The molecule has 20 heavy (non-hydrogen) atoms. The Hall–Kier alpha value is -2.00. The molecule has 0 saturated heterocycles. The zero-order valence-corrected chi connectivity index (χ0v) is 12.1. The van der Waals surface area contributed by atoms with E-state index in [0.717, 1.165) is 11.5 Å². The van der Waals surface area contributed by atoms with Crippen LogP contribution in [-0.4, -0.2) is 13.8 Å². The van der Waals surface area contributed by atoms with Crippen molar-refractivity contribution in [3.8, 4) is 11.5 Å². The molecule has 3 nitrogen and oxygen atoms in total. The second-order valence-electron chi connectivity index (χ2n) is 5.19. The lowest BCUT2D eigenvalue weighted by molar-refractivity contribution is 0.174. The third-order valence-corrected chi connectivity index (χ3v) is 3.76. The largest absolute Gasteiger partial charge is 0.454 e. The van der Waals surface area contributed by atoms with E-state index in [9.17, 15) is 0 Å². The number of aryl methyl sites for hydroxylation is 2. The zero-order chi connectivity index (χ0) is 14.1. The second-order valence-corrected chi connectivity index (χ2v) is 5.19. The number of nitrogens with one attached hydrogen (secondary N) is 1. The van der Waals surface area contributed by atoms with Crippen LogP contribution in [0.2, 0.25) is 0 Å². The average Bonchev–Trinajstić information content (AvgIpc) is 2.91. The van der Waals surface area contributed by atoms with Crippen LogP contribution in [0.1, 0.15) is 28.3 Å². The second kappa shape index (κ2) is 5.17. The van der Waals surface area contributed by atoms with Gasteiger partial charge in [0.15, 0.2) is 11.5 Å². The fourth-order valence-electron chi connectivity index (χ4n) is 2.67. The van der Waals surface area contributed by atoms with Crippen LogP contribution in [0.15, 0.2) is 36.4 Å². The maximum atomic E-state index is 5.47. The van der Waals surface area contributed by atoms with E-state index < -0.39 is 0 Å². The molecule has 0 spiro atoms. The Morgan fingerprint density at radius 2 is 1.80 bits per heavy atom. The standard InChI is InChI=1S/C17H19NO2/c1-11-4-5-12(2)14(8-11)17(18-3)13-6-7-15-16(9-13)20-10-19-15/h4-9,17-18H,10H2,1-3H3. The van der Waals surface area contributed by atoms with Crippen molar-refractivity contribution in [1.29, 1.82) is 0 Å². The SMILES string of the molecule is CNC(c1ccc2c(c1)OCO2)c1cc(C)ccc1C. The van der Waals surface area contributed by atoms with Gasteiger partial charge in [-0.15, -0.1) is 0 Å². The van der Waals surface area contributed by atoms with Crippen LogP contribution in [0.25, 0.3) is 0 Å². The minimum Gasteiger partial charge on any atom is -0.454 e. The molecule has 2 aromatic rings. The first-order chi connectivity index (χ1) is 9.69. The Morgan fingerprint density at radius 1 is 1.00 bits per heavy atom. The zero-order valence-electron chi connectivity index (χ0n) is 12.1. The van der Waals surface area contributed by atoms with Gasteiger partial charge >= 0.3 is 0 Å². The molecule has 3 heteroatoms. The first-order valence-corrected chi connectivity index (χ1v) is 6.83. The Morgan fingerprint density at radius 3 is 2.60 bits per heavy atom. The van der Waals surface area contributed by atoms with E-state index in [2.05, 4.69) is 49.5 Å². The molecule has 1 atom stereocenters. The van der Waals surface area contributed by atoms with Crippen molar-refractivity contribution >= 4 is 0 Å². The summed E-state index contributed by atoms with van der Waals surface area (Å²) in [5.74, 6) is 1.65. The van der Waals surface area contributed by atoms with Crippen molar-refractivity contribution in [3.05, 3.63) is 58.7 Å². The summed E-state index contributed by atoms with van der Waals surface area (Å²) in [6.07, 6.45) is 0. The van der Waals surface area contributed by atoms with Gasteiger partial charge in [-0.25, -0.2) is 0 Å². The molecule has 0 saturated carbocycles. The van der Waals surface area contributed by atoms with Crippen molar-refractivity contribution in [3.63, 3.8) is 0 Å². The Kier molecular flexibility index (Phi) is 3.36. The Labute approximate surface area is 119 Å². The van der Waals surface area contributed by atoms with Crippen molar-refractivity contribution in [2.45, 2.75) is 19.9 Å². The molecular weight excluding hydrogens is 250 g/mol. The van der Waals surface area contributed by atoms with Gasteiger partial charge in [-0.3, -0.25) is 0 Å². The lowest BCUT2D eigenvalue weighted by Crippen LogP contribution is -2.18. The summed E-state index contributed by atoms with van der Waals surface area (Å²) in [5.41, 5.74) is 5.04. The Bertz CT molecular complexity index is 637. The molecule has 2 aromatic carbocycles. The van der Waals surface area contributed by atoms with Crippen LogP contribution in [0.5, 0.6) is 11.5 Å². The van der Waals surface area contributed by atoms with Crippen LogP contribution in [-0.2, 0) is 0 Å². The molecule has 0 aromatic heterocycles. The van der Waals surface area contributed by atoms with Gasteiger partial charge in [0.05, 0.1) is 6.04 Å². The average molecular weight is 269 g/mol. The first kappa shape index (κ1) is 13.0. The van der Waals surface area contributed by atoms with E-state index >= 15 is 0 Å². The van der Waals surface area contributed by atoms with E-state index in [1.807, 2.05) is 13.1 Å². The van der Waals surface area contributed by atoms with Crippen LogP contribution >= 0.6 is 0 Å². The molecule has 0 aliphatic carbocycles. The summed E-state index contributed by atoms with van der Waals surface area (Å²) >= 11 is 0. The van der Waals surface area contributed by atoms with Gasteiger partial charge in [-0.2, -0.15) is 0 Å². The summed E-state index contributed by atoms with van der Waals surface area (Å²) in [5, 5.41) is 3.40. The number of ether oxygens (including phenoxy) is 2. The molecule has 1 aliphatic heterocycles. The summed E-state index contributed by atoms with van der Waals surface area (Å²) in [7, 11) is 1.98. The van der Waals surface area contributed by atoms with Crippen molar-refractivity contribution in [1.82, 2.24) is 5.32 Å². The highest BCUT2D eigenvalue weighted by Gasteiger charge is 2.19. The van der Waals surface area contributed by atoms with E-state index in [4.69, 9.17) is 9.47 Å². The molecule has 3 rings (SSSR count). The number of benzene rings is 2. The van der Waals surface area contributed by atoms with Gasteiger partial charge in [-0.1, -0.05) is 29.8 Å². The molecule has 1 heterocycles. The normalized spacial score (nSPS) is 14.3. The number of hydrogen-bond donors (Lipinski definition) is 1. The first-order valence-electron chi connectivity index (χ1n) is 6.83. The summed E-state index contributed by atoms with van der Waals surface area (Å²) in [4.78, 5) is 0. The van der Waals surface area contributed by atoms with Crippen molar-refractivity contribution in [2.75, 3.05) is 13.8 Å². The quantitative estimate of drug-likeness (QED) is 0.927. The molecule has 0 bridgehead atoms. The summed E-state index contributed by atoms with van der Waals surface area (Å²) < 4.78 is 10.8. The fraction of sp³-hybridized carbons (Fsp3) is 0.294. The van der Waals surface area contributed by atoms with E-state index in [1.54, 1.807) is 0 Å². The minimum atomic E-state index is 0.157. The molecule has 1 N–H and O–H groups in total. The van der Waals surface area contributed by atoms with Crippen molar-refractivity contribution < 1.29 is 9.47 Å². The summed E-state index contributed by atoms with van der Waals surface area (Å²) in [6, 6.07) is 12.8. The third-order valence-electron chi connectivity index (χ3n) is 3.76. The lowest BCUT2D eigenvalue weighted by Gasteiger charge is -2.20. The number of fused-ring (bicyclic) bond motifs is 1. The molecule has 0 radical (unpaired) electrons. The van der Waals surface area contributed by atoms with E-state index in [1.165, 1.54) is 22.3 Å². The topological polar surface area (TPSA) is 30.5 Å². The van der Waals surface area contributed by atoms with Crippen LogP contribution in [0, 0.1) is 13.8 Å². The van der Waals surface area contributed by atoms with Crippen LogP contribution < -0.4 is 14.8 Å².